The van der Waals surface area contributed by atoms with E-state index in [0.717, 1.165) is 0 Å². The number of benzene rings is 1. The van der Waals surface area contributed by atoms with E-state index >= 15 is 0 Å². The molecule has 1 rings (SSSR count). The van der Waals surface area contributed by atoms with Crippen molar-refractivity contribution in [3.63, 3.8) is 0 Å². The summed E-state index contributed by atoms with van der Waals surface area (Å²) in [6.45, 7) is 0.223. The van der Waals surface area contributed by atoms with E-state index < -0.39 is 23.9 Å². The fourth-order valence-electron chi connectivity index (χ4n) is 3.31. The first kappa shape index (κ1) is 33.0. The smallest absolute Gasteiger partial charge is 0.319 e. The number of rotatable bonds is 17. The molecule has 0 saturated heterocycles. The molecule has 39 heavy (non-hydrogen) atoms. The molecular weight excluding hydrogens is 512 g/mol. The van der Waals surface area contributed by atoms with Crippen LogP contribution in [0.4, 0.5) is 5.69 Å². The molecule has 214 valence electrons. The molecule has 0 aliphatic rings. The number of anilines is 1. The van der Waals surface area contributed by atoms with Crippen LogP contribution in [-0.2, 0) is 42.9 Å². The quantitative estimate of drug-likeness (QED) is 0.148. The van der Waals surface area contributed by atoms with E-state index in [-0.39, 0.29) is 64.8 Å². The van der Waals surface area contributed by atoms with Crippen molar-refractivity contribution in [2.75, 3.05) is 92.7 Å². The highest BCUT2D eigenvalue weighted by molar-refractivity contribution is 5.92. The van der Waals surface area contributed by atoms with Crippen molar-refractivity contribution >= 4 is 35.5 Å². The molecule has 1 aromatic carbocycles. The van der Waals surface area contributed by atoms with Gasteiger partial charge in [0, 0.05) is 37.4 Å². The molecule has 1 N–H and O–H groups in total. The maximum absolute atomic E-state index is 12.7. The predicted molar refractivity (Wildman–Crippen MR) is 140 cm³/mol. The second-order valence-electron chi connectivity index (χ2n) is 8.27. The first-order valence-corrected chi connectivity index (χ1v) is 11.9. The summed E-state index contributed by atoms with van der Waals surface area (Å²) in [5, 5.41) is 2.75. The molecule has 1 amide bonds. The number of hydrogen-bond donors (Lipinski definition) is 1. The molecule has 0 heterocycles. The molecule has 0 bridgehead atoms. The number of amides is 1. The van der Waals surface area contributed by atoms with E-state index in [4.69, 9.17) is 15.9 Å². The van der Waals surface area contributed by atoms with E-state index in [0.29, 0.717) is 11.3 Å². The average Bonchev–Trinajstić information content (AvgIpc) is 2.93. The van der Waals surface area contributed by atoms with Gasteiger partial charge in [0.2, 0.25) is 5.91 Å². The number of hydrogen-bond acceptors (Lipinski definition) is 12. The lowest BCUT2D eigenvalue weighted by Crippen LogP contribution is -2.46. The van der Waals surface area contributed by atoms with Crippen LogP contribution < -0.4 is 5.32 Å². The lowest BCUT2D eigenvalue weighted by molar-refractivity contribution is -0.146. The van der Waals surface area contributed by atoms with Crippen molar-refractivity contribution in [2.45, 2.75) is 0 Å². The Morgan fingerprint density at radius 1 is 0.641 bits per heavy atom. The fourth-order valence-corrected chi connectivity index (χ4v) is 3.31. The average molecular weight is 549 g/mol. The lowest BCUT2D eigenvalue weighted by Gasteiger charge is -2.28. The SMILES string of the molecule is C#Cc1ccc(NC(=O)CN(CCN(CCN(CC(=O)OC)CC(=O)OC)CC(=O)OC)CC(=O)OC)cc1. The third-order valence-corrected chi connectivity index (χ3v) is 5.49. The van der Waals surface area contributed by atoms with Crippen molar-refractivity contribution in [1.82, 2.24) is 14.7 Å². The van der Waals surface area contributed by atoms with Gasteiger partial charge in [-0.2, -0.15) is 0 Å². The molecule has 0 radical (unpaired) electrons. The third kappa shape index (κ3) is 13.9. The number of ether oxygens (including phenoxy) is 4. The first-order chi connectivity index (χ1) is 18.6. The molecule has 0 saturated carbocycles. The van der Waals surface area contributed by atoms with Crippen molar-refractivity contribution in [3.8, 4) is 12.3 Å². The Balaban J connectivity index is 2.89. The Bertz CT molecular complexity index is 990. The maximum atomic E-state index is 12.7. The largest absolute Gasteiger partial charge is 0.468 e. The molecule has 0 aliphatic heterocycles. The molecule has 13 heteroatoms. The molecule has 0 spiro atoms. The highest BCUT2D eigenvalue weighted by Gasteiger charge is 2.21. The number of nitrogens with zero attached hydrogens (tertiary/aromatic N) is 3. The maximum Gasteiger partial charge on any atom is 0.319 e. The minimum Gasteiger partial charge on any atom is -0.468 e. The fraction of sp³-hybridized carbons (Fsp3) is 0.500. The summed E-state index contributed by atoms with van der Waals surface area (Å²) in [7, 11) is 4.97. The minimum absolute atomic E-state index is 0.0967. The Morgan fingerprint density at radius 3 is 1.38 bits per heavy atom. The zero-order valence-electron chi connectivity index (χ0n) is 22.8. The van der Waals surface area contributed by atoms with Gasteiger partial charge in [-0.3, -0.25) is 38.7 Å². The topological polar surface area (TPSA) is 144 Å². The molecule has 1 aromatic rings. The summed E-state index contributed by atoms with van der Waals surface area (Å²) in [6.07, 6.45) is 5.35. The standard InChI is InChI=1S/C26H36N4O9/c1-6-20-7-9-21(10-8-20)27-22(31)15-29(17-24(33)37-3)13-11-28(16-23(32)36-2)12-14-30(18-25(34)38-4)19-26(35)39-5/h1,7-10H,11-19H2,2-5H3,(H,27,31). The van der Waals surface area contributed by atoms with E-state index in [2.05, 4.69) is 20.7 Å². The third-order valence-electron chi connectivity index (χ3n) is 5.49. The van der Waals surface area contributed by atoms with Crippen LogP contribution in [0.2, 0.25) is 0 Å². The van der Waals surface area contributed by atoms with Crippen molar-refractivity contribution in [1.29, 1.82) is 0 Å². The van der Waals surface area contributed by atoms with Gasteiger partial charge in [-0.1, -0.05) is 5.92 Å². The Morgan fingerprint density at radius 2 is 1.00 bits per heavy atom. The molecule has 0 unspecified atom stereocenters. The van der Waals surface area contributed by atoms with Gasteiger partial charge in [0.1, 0.15) is 0 Å². The molecule has 0 fully saturated rings. The van der Waals surface area contributed by atoms with Crippen molar-refractivity contribution < 1.29 is 42.9 Å². The Labute approximate surface area is 228 Å². The highest BCUT2D eigenvalue weighted by Crippen LogP contribution is 2.09. The van der Waals surface area contributed by atoms with Gasteiger partial charge in [-0.05, 0) is 24.3 Å². The molecule has 13 nitrogen and oxygen atoms in total. The second kappa shape index (κ2) is 18.3. The number of nitrogens with one attached hydrogen (secondary N) is 1. The number of esters is 4. The molecule has 0 atom stereocenters. The van der Waals surface area contributed by atoms with Crippen molar-refractivity contribution in [2.24, 2.45) is 0 Å². The van der Waals surface area contributed by atoms with Crippen molar-refractivity contribution in [3.05, 3.63) is 29.8 Å². The van der Waals surface area contributed by atoms with E-state index in [1.165, 1.54) is 33.3 Å². The van der Waals surface area contributed by atoms with Gasteiger partial charge >= 0.3 is 23.9 Å². The van der Waals surface area contributed by atoms with Crippen LogP contribution >= 0.6 is 0 Å². The van der Waals surface area contributed by atoms with Crippen LogP contribution in [-0.4, -0.2) is 132 Å². The van der Waals surface area contributed by atoms with E-state index in [1.54, 1.807) is 34.1 Å². The van der Waals surface area contributed by atoms with Gasteiger partial charge in [0.05, 0.1) is 61.2 Å². The normalized spacial score (nSPS) is 10.6. The van der Waals surface area contributed by atoms with Crippen LogP contribution in [0.3, 0.4) is 0 Å². The number of methoxy groups -OCH3 is 4. The molecule has 0 aromatic heterocycles. The minimum atomic E-state index is -0.539. The van der Waals surface area contributed by atoms with Gasteiger partial charge in [0.25, 0.3) is 0 Å². The van der Waals surface area contributed by atoms with Gasteiger partial charge in [0.15, 0.2) is 0 Å². The van der Waals surface area contributed by atoms with Crippen LogP contribution in [0.15, 0.2) is 24.3 Å². The zero-order valence-corrected chi connectivity index (χ0v) is 22.8. The summed E-state index contributed by atoms with van der Waals surface area (Å²) in [6, 6.07) is 6.72. The summed E-state index contributed by atoms with van der Waals surface area (Å²) in [5.41, 5.74) is 1.21. The van der Waals surface area contributed by atoms with Crippen LogP contribution in [0.25, 0.3) is 0 Å². The van der Waals surface area contributed by atoms with Gasteiger partial charge in [-0.25, -0.2) is 0 Å². The van der Waals surface area contributed by atoms with Crippen LogP contribution in [0, 0.1) is 12.3 Å². The number of carbonyl (C=O) groups is 5. The summed E-state index contributed by atoms with van der Waals surface area (Å²) < 4.78 is 18.9. The molecular formula is C26H36N4O9. The Hall–Kier alpha value is -3.99. The van der Waals surface area contributed by atoms with Crippen LogP contribution in [0.1, 0.15) is 5.56 Å². The molecule has 0 aliphatic carbocycles. The Kier molecular flexibility index (Phi) is 15.5. The number of carbonyl (C=O) groups excluding carboxylic acids is 5. The van der Waals surface area contributed by atoms with Crippen LogP contribution in [0.5, 0.6) is 0 Å². The lowest BCUT2D eigenvalue weighted by atomic mass is 10.2. The highest BCUT2D eigenvalue weighted by atomic mass is 16.5. The van der Waals surface area contributed by atoms with E-state index in [9.17, 15) is 24.0 Å². The monoisotopic (exact) mass is 548 g/mol. The second-order valence-corrected chi connectivity index (χ2v) is 8.27. The predicted octanol–water partition coefficient (Wildman–Crippen LogP) is -0.796. The summed E-state index contributed by atoms with van der Waals surface area (Å²) in [4.78, 5) is 65.0. The van der Waals surface area contributed by atoms with E-state index in [1.807, 2.05) is 0 Å². The zero-order chi connectivity index (χ0) is 29.2. The summed E-state index contributed by atoms with van der Waals surface area (Å²) in [5.74, 6) is 0.00717. The van der Waals surface area contributed by atoms with Gasteiger partial charge in [-0.15, -0.1) is 6.42 Å². The first-order valence-electron chi connectivity index (χ1n) is 11.9. The summed E-state index contributed by atoms with van der Waals surface area (Å²) >= 11 is 0. The number of terminal acetylenes is 1. The van der Waals surface area contributed by atoms with Gasteiger partial charge < -0.3 is 24.3 Å².